The zero-order chi connectivity index (χ0) is 24.9. The van der Waals surface area contributed by atoms with Crippen LogP contribution in [0.25, 0.3) is 5.69 Å². The number of halogens is 3. The molecule has 1 amide bonds. The fourth-order valence-corrected chi connectivity index (χ4v) is 3.57. The predicted octanol–water partition coefficient (Wildman–Crippen LogP) is 3.54. The lowest BCUT2D eigenvalue weighted by Crippen LogP contribution is -2.21. The quantitative estimate of drug-likeness (QED) is 0.386. The van der Waals surface area contributed by atoms with Crippen molar-refractivity contribution in [3.8, 4) is 5.69 Å². The Morgan fingerprint density at radius 2 is 1.85 bits per heavy atom. The number of H-pyrrole nitrogens is 1. The number of carboxylic acid groups (broad SMARTS) is 1. The van der Waals surface area contributed by atoms with Gasteiger partial charge in [0, 0.05) is 23.5 Å². The average Bonchev–Trinajstić information content (AvgIpc) is 3.52. The lowest BCUT2D eigenvalue weighted by molar-refractivity contribution is -0.192. The third kappa shape index (κ3) is 6.04. The van der Waals surface area contributed by atoms with Gasteiger partial charge < -0.3 is 15.0 Å². The van der Waals surface area contributed by atoms with E-state index in [9.17, 15) is 18.0 Å². The molecule has 0 aliphatic heterocycles. The summed E-state index contributed by atoms with van der Waals surface area (Å²) in [6.45, 7) is 4.01. The van der Waals surface area contributed by atoms with Gasteiger partial charge in [-0.2, -0.15) is 18.4 Å². The maximum absolute atomic E-state index is 12.7. The summed E-state index contributed by atoms with van der Waals surface area (Å²) in [5.74, 6) is -2.35. The van der Waals surface area contributed by atoms with Crippen molar-refractivity contribution in [3.63, 3.8) is 0 Å². The van der Waals surface area contributed by atoms with Crippen molar-refractivity contribution >= 4 is 28.9 Å². The van der Waals surface area contributed by atoms with Crippen LogP contribution < -0.4 is 5.32 Å². The molecular formula is C20H18F3N7O3S. The molecule has 1 aromatic carbocycles. The molecule has 4 aromatic rings. The number of carbonyl (C=O) groups is 2. The van der Waals surface area contributed by atoms with E-state index in [4.69, 9.17) is 9.90 Å². The van der Waals surface area contributed by atoms with Crippen molar-refractivity contribution < 1.29 is 27.9 Å². The largest absolute Gasteiger partial charge is 0.490 e. The summed E-state index contributed by atoms with van der Waals surface area (Å²) < 4.78 is 33.8. The number of nitrogens with zero attached hydrogens (tertiary/aromatic N) is 5. The number of tetrazole rings is 1. The molecule has 4 rings (SSSR count). The highest BCUT2D eigenvalue weighted by Crippen LogP contribution is 2.22. The minimum Gasteiger partial charge on any atom is -0.475 e. The number of carboxylic acids is 1. The van der Waals surface area contributed by atoms with Crippen molar-refractivity contribution in [1.29, 1.82) is 0 Å². The number of hydrogen-bond acceptors (Lipinski definition) is 7. The van der Waals surface area contributed by atoms with Crippen LogP contribution in [0, 0.1) is 13.8 Å². The van der Waals surface area contributed by atoms with Gasteiger partial charge >= 0.3 is 12.1 Å². The van der Waals surface area contributed by atoms with Gasteiger partial charge in [-0.05, 0) is 55.1 Å². The third-order valence-electron chi connectivity index (χ3n) is 4.59. The van der Waals surface area contributed by atoms with Crippen molar-refractivity contribution in [2.75, 3.05) is 5.32 Å². The number of nitrogens with one attached hydrogen (secondary N) is 2. The maximum atomic E-state index is 12.7. The Balaban J connectivity index is 0.000000406. The van der Waals surface area contributed by atoms with Crippen LogP contribution in [0.4, 0.5) is 18.9 Å². The molecule has 14 heteroatoms. The lowest BCUT2D eigenvalue weighted by atomic mass is 10.1. The minimum absolute atomic E-state index is 0.147. The first-order chi connectivity index (χ1) is 16.1. The average molecular weight is 493 g/mol. The number of anilines is 1. The van der Waals surface area contributed by atoms with E-state index in [1.54, 1.807) is 6.33 Å². The van der Waals surface area contributed by atoms with E-state index in [2.05, 4.69) is 30.9 Å². The highest BCUT2D eigenvalue weighted by atomic mass is 32.1. The summed E-state index contributed by atoms with van der Waals surface area (Å²) in [6, 6.07) is 9.59. The van der Waals surface area contributed by atoms with Crippen molar-refractivity contribution in [2.45, 2.75) is 26.4 Å². The number of imidazole rings is 1. The first-order valence-electron chi connectivity index (χ1n) is 9.57. The first-order valence-corrected chi connectivity index (χ1v) is 10.5. The predicted molar refractivity (Wildman–Crippen MR) is 116 cm³/mol. The molecule has 0 spiro atoms. The topological polar surface area (TPSA) is 139 Å². The second-order valence-electron chi connectivity index (χ2n) is 6.87. The van der Waals surface area contributed by atoms with Crippen molar-refractivity contribution in [1.82, 2.24) is 30.2 Å². The highest BCUT2D eigenvalue weighted by Gasteiger charge is 2.38. The number of aryl methyl sites for hydroxylation is 1. The highest BCUT2D eigenvalue weighted by molar-refractivity contribution is 7.12. The molecule has 10 nitrogen and oxygen atoms in total. The van der Waals surface area contributed by atoms with Crippen LogP contribution >= 0.6 is 11.3 Å². The van der Waals surface area contributed by atoms with E-state index >= 15 is 0 Å². The van der Waals surface area contributed by atoms with Crippen LogP contribution in [-0.2, 0) is 11.2 Å². The number of aliphatic carboxylic acids is 1. The summed E-state index contributed by atoms with van der Waals surface area (Å²) in [7, 11) is 0. The Bertz CT molecular complexity index is 1270. The van der Waals surface area contributed by atoms with Gasteiger partial charge in [0.05, 0.1) is 16.9 Å². The number of carbonyl (C=O) groups excluding carboxylic acids is 1. The molecule has 0 aliphatic carbocycles. The Morgan fingerprint density at radius 3 is 2.38 bits per heavy atom. The number of benzene rings is 1. The summed E-state index contributed by atoms with van der Waals surface area (Å²) in [5, 5.41) is 25.8. The SMILES string of the molecule is Cc1ncn(-c2ccc(NC(=O)c3sccc3Cc3nn[nH]n3)cc2)c1C.O=C(O)C(F)(F)F. The Morgan fingerprint density at radius 1 is 1.18 bits per heavy atom. The van der Waals surface area contributed by atoms with Gasteiger partial charge in [-0.3, -0.25) is 4.79 Å². The molecule has 0 bridgehead atoms. The summed E-state index contributed by atoms with van der Waals surface area (Å²) in [5.41, 5.74) is 4.70. The second-order valence-corrected chi connectivity index (χ2v) is 7.79. The van der Waals surface area contributed by atoms with Crippen LogP contribution in [0.1, 0.15) is 32.4 Å². The molecule has 34 heavy (non-hydrogen) atoms. The van der Waals surface area contributed by atoms with E-state index in [0.29, 0.717) is 17.1 Å². The molecule has 0 atom stereocenters. The third-order valence-corrected chi connectivity index (χ3v) is 5.54. The minimum atomic E-state index is -5.08. The van der Waals surface area contributed by atoms with Crippen LogP contribution in [0.3, 0.4) is 0 Å². The molecule has 3 heterocycles. The monoisotopic (exact) mass is 493 g/mol. The fraction of sp³-hybridized carbons (Fsp3) is 0.200. The zero-order valence-corrected chi connectivity index (χ0v) is 18.6. The summed E-state index contributed by atoms with van der Waals surface area (Å²) in [6.07, 6.45) is -2.82. The number of alkyl halides is 3. The first kappa shape index (κ1) is 24.6. The molecule has 0 fully saturated rings. The van der Waals surface area contributed by atoms with E-state index in [0.717, 1.165) is 28.3 Å². The smallest absolute Gasteiger partial charge is 0.475 e. The summed E-state index contributed by atoms with van der Waals surface area (Å²) in [4.78, 5) is 26.5. The van der Waals surface area contributed by atoms with E-state index in [1.165, 1.54) is 11.3 Å². The Hall–Kier alpha value is -4.07. The van der Waals surface area contributed by atoms with E-state index < -0.39 is 12.1 Å². The van der Waals surface area contributed by atoms with Crippen LogP contribution in [-0.4, -0.2) is 53.3 Å². The molecule has 0 unspecified atom stereocenters. The molecule has 3 N–H and O–H groups in total. The van der Waals surface area contributed by atoms with Crippen LogP contribution in [0.2, 0.25) is 0 Å². The zero-order valence-electron chi connectivity index (χ0n) is 17.8. The molecular weight excluding hydrogens is 475 g/mol. The van der Waals surface area contributed by atoms with Crippen LogP contribution in [0.15, 0.2) is 42.0 Å². The number of aromatic nitrogens is 6. The van der Waals surface area contributed by atoms with E-state index in [1.807, 2.05) is 54.1 Å². The lowest BCUT2D eigenvalue weighted by Gasteiger charge is -2.09. The molecule has 0 saturated heterocycles. The standard InChI is InChI=1S/C18H17N7OS.C2HF3O2/c1-11-12(2)25(10-19-11)15-5-3-14(4-6-15)20-18(26)17-13(7-8-27-17)9-16-21-23-24-22-16;3-2(4,5)1(6)7/h3-8,10H,9H2,1-2H3,(H,20,26)(H,21,22,23,24);(H,6,7). The van der Waals surface area contributed by atoms with Crippen molar-refractivity contribution in [2.24, 2.45) is 0 Å². The Kier molecular flexibility index (Phi) is 7.40. The molecule has 178 valence electrons. The fourth-order valence-electron chi connectivity index (χ4n) is 2.75. The van der Waals surface area contributed by atoms with Crippen LogP contribution in [0.5, 0.6) is 0 Å². The van der Waals surface area contributed by atoms with Gasteiger partial charge in [0.15, 0.2) is 5.82 Å². The Labute approximate surface area is 194 Å². The molecule has 0 aliphatic rings. The van der Waals surface area contributed by atoms with Gasteiger partial charge in [0.25, 0.3) is 5.91 Å². The molecule has 3 aromatic heterocycles. The van der Waals surface area contributed by atoms with Gasteiger partial charge in [-0.25, -0.2) is 9.78 Å². The van der Waals surface area contributed by atoms with Gasteiger partial charge in [0.1, 0.15) is 0 Å². The number of hydrogen-bond donors (Lipinski definition) is 3. The number of aromatic amines is 1. The molecule has 0 radical (unpaired) electrons. The van der Waals surface area contributed by atoms with Gasteiger partial charge in [-0.15, -0.1) is 21.5 Å². The van der Waals surface area contributed by atoms with Gasteiger partial charge in [0.2, 0.25) is 0 Å². The summed E-state index contributed by atoms with van der Waals surface area (Å²) >= 11 is 1.39. The number of amides is 1. The van der Waals surface area contributed by atoms with E-state index in [-0.39, 0.29) is 5.91 Å². The van der Waals surface area contributed by atoms with Gasteiger partial charge in [-0.1, -0.05) is 5.21 Å². The second kappa shape index (κ2) is 10.2. The van der Waals surface area contributed by atoms with Crippen molar-refractivity contribution in [3.05, 3.63) is 69.7 Å². The maximum Gasteiger partial charge on any atom is 0.490 e. The number of thiophene rings is 1. The number of rotatable bonds is 5. The normalized spacial score (nSPS) is 11.0. The molecule has 0 saturated carbocycles.